The van der Waals surface area contributed by atoms with Gasteiger partial charge in [-0.3, -0.25) is 0 Å². The van der Waals surface area contributed by atoms with E-state index in [1.54, 1.807) is 12.1 Å². The lowest BCUT2D eigenvalue weighted by Crippen LogP contribution is -2.08. The van der Waals surface area contributed by atoms with Gasteiger partial charge >= 0.3 is 0 Å². The Hall–Kier alpha value is -2.47. The largest absolute Gasteiger partial charge is 0.508 e. The molecule has 0 saturated carbocycles. The maximum Gasteiger partial charge on any atom is 0.118 e. The first-order valence-electron chi connectivity index (χ1n) is 6.58. The zero-order valence-corrected chi connectivity index (χ0v) is 11.9. The SMILES string of the molecule is Cc1cc(NC(C)c2cccc(C#N)c2)c(C)cc1O. The summed E-state index contributed by atoms with van der Waals surface area (Å²) in [5.74, 6) is 0.312. The fourth-order valence-electron chi connectivity index (χ4n) is 2.15. The zero-order chi connectivity index (χ0) is 14.7. The molecule has 3 nitrogen and oxygen atoms in total. The number of phenolic OH excluding ortho intramolecular Hbond substituents is 1. The Morgan fingerprint density at radius 1 is 1.15 bits per heavy atom. The molecule has 0 aliphatic heterocycles. The minimum atomic E-state index is 0.0888. The number of hydrogen-bond acceptors (Lipinski definition) is 3. The van der Waals surface area contributed by atoms with Gasteiger partial charge in [0.05, 0.1) is 11.6 Å². The van der Waals surface area contributed by atoms with Crippen molar-refractivity contribution in [2.75, 3.05) is 5.32 Å². The molecule has 3 heteroatoms. The summed E-state index contributed by atoms with van der Waals surface area (Å²) in [7, 11) is 0. The molecule has 0 bridgehead atoms. The molecule has 2 aromatic rings. The summed E-state index contributed by atoms with van der Waals surface area (Å²) in [6.45, 7) is 5.89. The van der Waals surface area contributed by atoms with Crippen molar-refractivity contribution in [3.05, 3.63) is 58.7 Å². The van der Waals surface area contributed by atoms with Crippen LogP contribution in [0.2, 0.25) is 0 Å². The number of anilines is 1. The summed E-state index contributed by atoms with van der Waals surface area (Å²) < 4.78 is 0. The third kappa shape index (κ3) is 2.92. The van der Waals surface area contributed by atoms with Gasteiger partial charge in [-0.15, -0.1) is 0 Å². The minimum Gasteiger partial charge on any atom is -0.508 e. The number of rotatable bonds is 3. The second-order valence-corrected chi connectivity index (χ2v) is 5.06. The summed E-state index contributed by atoms with van der Waals surface area (Å²) >= 11 is 0. The topological polar surface area (TPSA) is 56.0 Å². The Balaban J connectivity index is 2.25. The molecular formula is C17H18N2O. The van der Waals surface area contributed by atoms with E-state index in [0.29, 0.717) is 11.3 Å². The molecule has 2 rings (SSSR count). The summed E-state index contributed by atoms with van der Waals surface area (Å²) in [6.07, 6.45) is 0. The lowest BCUT2D eigenvalue weighted by molar-refractivity contribution is 0.470. The van der Waals surface area contributed by atoms with Crippen LogP contribution in [-0.2, 0) is 0 Å². The number of nitriles is 1. The molecule has 0 heterocycles. The van der Waals surface area contributed by atoms with Crippen LogP contribution < -0.4 is 5.32 Å². The van der Waals surface area contributed by atoms with Crippen LogP contribution in [0.3, 0.4) is 0 Å². The highest BCUT2D eigenvalue weighted by molar-refractivity contribution is 5.57. The zero-order valence-electron chi connectivity index (χ0n) is 11.9. The van der Waals surface area contributed by atoms with E-state index < -0.39 is 0 Å². The number of benzene rings is 2. The summed E-state index contributed by atoms with van der Waals surface area (Å²) in [5.41, 5.74) is 4.56. The van der Waals surface area contributed by atoms with Gasteiger partial charge in [0.2, 0.25) is 0 Å². The van der Waals surface area contributed by atoms with E-state index in [4.69, 9.17) is 5.26 Å². The highest BCUT2D eigenvalue weighted by atomic mass is 16.3. The third-order valence-electron chi connectivity index (χ3n) is 3.43. The van der Waals surface area contributed by atoms with E-state index in [1.165, 1.54) is 0 Å². The van der Waals surface area contributed by atoms with Crippen LogP contribution in [-0.4, -0.2) is 5.11 Å². The van der Waals surface area contributed by atoms with Crippen molar-refractivity contribution in [3.63, 3.8) is 0 Å². The van der Waals surface area contributed by atoms with Crippen molar-refractivity contribution in [1.29, 1.82) is 5.26 Å². The number of aryl methyl sites for hydroxylation is 2. The van der Waals surface area contributed by atoms with E-state index in [0.717, 1.165) is 22.4 Å². The van der Waals surface area contributed by atoms with E-state index in [9.17, 15) is 5.11 Å². The van der Waals surface area contributed by atoms with Crippen molar-refractivity contribution in [2.24, 2.45) is 0 Å². The molecule has 0 radical (unpaired) electrons. The monoisotopic (exact) mass is 266 g/mol. The number of nitrogens with one attached hydrogen (secondary N) is 1. The van der Waals surface area contributed by atoms with Crippen molar-refractivity contribution in [3.8, 4) is 11.8 Å². The summed E-state index contributed by atoms with van der Waals surface area (Å²) in [6, 6.07) is 13.5. The Morgan fingerprint density at radius 2 is 1.90 bits per heavy atom. The van der Waals surface area contributed by atoms with Crippen molar-refractivity contribution in [1.82, 2.24) is 0 Å². The van der Waals surface area contributed by atoms with E-state index in [2.05, 4.69) is 18.3 Å². The van der Waals surface area contributed by atoms with E-state index in [-0.39, 0.29) is 6.04 Å². The number of phenols is 1. The predicted octanol–water partition coefficient (Wildman–Crippen LogP) is 4.05. The van der Waals surface area contributed by atoms with Crippen LogP contribution in [0.5, 0.6) is 5.75 Å². The first kappa shape index (κ1) is 14.0. The smallest absolute Gasteiger partial charge is 0.118 e. The number of aromatic hydroxyl groups is 1. The average molecular weight is 266 g/mol. The van der Waals surface area contributed by atoms with Gasteiger partial charge in [0, 0.05) is 11.7 Å². The second-order valence-electron chi connectivity index (χ2n) is 5.06. The molecule has 1 atom stereocenters. The van der Waals surface area contributed by atoms with Gasteiger partial charge in [-0.1, -0.05) is 12.1 Å². The normalized spacial score (nSPS) is 11.7. The van der Waals surface area contributed by atoms with Crippen LogP contribution in [0.4, 0.5) is 5.69 Å². The first-order valence-corrected chi connectivity index (χ1v) is 6.58. The van der Waals surface area contributed by atoms with Gasteiger partial charge in [0.1, 0.15) is 5.75 Å². The molecular weight excluding hydrogens is 248 g/mol. The molecule has 0 aliphatic rings. The van der Waals surface area contributed by atoms with Crippen LogP contribution in [0.1, 0.15) is 35.2 Å². The quantitative estimate of drug-likeness (QED) is 0.824. The van der Waals surface area contributed by atoms with Crippen LogP contribution in [0.25, 0.3) is 0 Å². The van der Waals surface area contributed by atoms with E-state index in [1.807, 2.05) is 38.1 Å². The maximum atomic E-state index is 9.68. The first-order chi connectivity index (χ1) is 9.51. The van der Waals surface area contributed by atoms with Crippen molar-refractivity contribution >= 4 is 5.69 Å². The Labute approximate surface area is 119 Å². The predicted molar refractivity (Wildman–Crippen MR) is 80.8 cm³/mol. The van der Waals surface area contributed by atoms with Crippen LogP contribution in [0, 0.1) is 25.2 Å². The fourth-order valence-corrected chi connectivity index (χ4v) is 2.15. The minimum absolute atomic E-state index is 0.0888. The third-order valence-corrected chi connectivity index (χ3v) is 3.43. The second kappa shape index (κ2) is 5.66. The highest BCUT2D eigenvalue weighted by Crippen LogP contribution is 2.28. The Bertz CT molecular complexity index is 671. The molecule has 20 heavy (non-hydrogen) atoms. The molecule has 102 valence electrons. The number of nitrogens with zero attached hydrogens (tertiary/aromatic N) is 1. The average Bonchev–Trinajstić information content (AvgIpc) is 2.44. The van der Waals surface area contributed by atoms with Crippen LogP contribution >= 0.6 is 0 Å². The van der Waals surface area contributed by atoms with Gasteiger partial charge in [-0.25, -0.2) is 0 Å². The van der Waals surface area contributed by atoms with Gasteiger partial charge in [-0.05, 0) is 61.7 Å². The lowest BCUT2D eigenvalue weighted by Gasteiger charge is -2.18. The summed E-state index contributed by atoms with van der Waals surface area (Å²) in [5, 5.41) is 22.1. The molecule has 0 amide bonds. The van der Waals surface area contributed by atoms with Gasteiger partial charge in [-0.2, -0.15) is 5.26 Å². The van der Waals surface area contributed by atoms with Gasteiger partial charge in [0.25, 0.3) is 0 Å². The van der Waals surface area contributed by atoms with Gasteiger partial charge < -0.3 is 10.4 Å². The van der Waals surface area contributed by atoms with Crippen molar-refractivity contribution in [2.45, 2.75) is 26.8 Å². The van der Waals surface area contributed by atoms with Crippen LogP contribution in [0.15, 0.2) is 36.4 Å². The molecule has 0 aliphatic carbocycles. The molecule has 0 aromatic heterocycles. The molecule has 1 unspecified atom stereocenters. The Morgan fingerprint density at radius 3 is 2.60 bits per heavy atom. The van der Waals surface area contributed by atoms with E-state index >= 15 is 0 Å². The fraction of sp³-hybridized carbons (Fsp3) is 0.235. The summed E-state index contributed by atoms with van der Waals surface area (Å²) in [4.78, 5) is 0. The Kier molecular flexibility index (Phi) is 3.95. The lowest BCUT2D eigenvalue weighted by atomic mass is 10.0. The number of hydrogen-bond donors (Lipinski definition) is 2. The maximum absolute atomic E-state index is 9.68. The molecule has 0 fully saturated rings. The molecule has 0 spiro atoms. The van der Waals surface area contributed by atoms with Gasteiger partial charge in [0.15, 0.2) is 0 Å². The van der Waals surface area contributed by atoms with Crippen molar-refractivity contribution < 1.29 is 5.11 Å². The molecule has 2 N–H and O–H groups in total. The molecule has 2 aromatic carbocycles. The molecule has 0 saturated heterocycles. The highest BCUT2D eigenvalue weighted by Gasteiger charge is 2.09. The standard InChI is InChI=1S/C17H18N2O/c1-11-8-17(20)12(2)7-16(11)19-13(3)15-6-4-5-14(9-15)10-18/h4-9,13,19-20H,1-3H3.